The van der Waals surface area contributed by atoms with Gasteiger partial charge in [0.25, 0.3) is 0 Å². The van der Waals surface area contributed by atoms with E-state index >= 15 is 0 Å². The van der Waals surface area contributed by atoms with Gasteiger partial charge in [0.15, 0.2) is 6.10 Å². The molecular weight excluding hydrogens is 727 g/mol. The fraction of sp³-hybridized carbons (Fsp3) is 0.740. The van der Waals surface area contributed by atoms with Crippen LogP contribution in [0, 0.1) is 0 Å². The molecule has 0 aromatic carbocycles. The van der Waals surface area contributed by atoms with Crippen molar-refractivity contribution in [2.24, 2.45) is 0 Å². The Kier molecular flexibility index (Phi) is 38.7. The molecule has 0 aliphatic heterocycles. The number of aliphatic carboxylic acids is 1. The number of carboxylic acid groups (broad SMARTS) is 1. The van der Waals surface area contributed by atoms with Crippen LogP contribution in [0.4, 0.5) is 0 Å². The standard InChI is InChI=1S/C50H87NO7/c1-6-8-10-12-14-16-18-19-20-21-22-23-24-25-26-27-28-29-31-33-35-37-39-41-49(53)58-46(44-56-43-42-47(50(54)55)51(3,4)5)45-57-48(52)40-38-36-34-32-30-17-15-13-11-9-7-2/h9,11,15,17,22-23,25-26,32,34,46-47H,6-8,10,12-14,16,18-21,24,27-31,33,35-45H2,1-5H3/b11-9+,17-15+,23-22+,26-25+,34-32+. The van der Waals surface area contributed by atoms with E-state index in [1.807, 2.05) is 0 Å². The number of unbranched alkanes of at least 4 members (excludes halogenated alkanes) is 17. The van der Waals surface area contributed by atoms with E-state index in [1.54, 1.807) is 21.1 Å². The molecule has 0 saturated carbocycles. The molecule has 0 radical (unpaired) electrons. The number of hydrogen-bond donors (Lipinski definition) is 0. The largest absolute Gasteiger partial charge is 0.544 e. The molecule has 0 N–H and O–H groups in total. The summed E-state index contributed by atoms with van der Waals surface area (Å²) < 4.78 is 17.1. The molecule has 0 aliphatic rings. The summed E-state index contributed by atoms with van der Waals surface area (Å²) in [5.74, 6) is -1.82. The smallest absolute Gasteiger partial charge is 0.306 e. The van der Waals surface area contributed by atoms with Gasteiger partial charge in [-0.3, -0.25) is 9.59 Å². The summed E-state index contributed by atoms with van der Waals surface area (Å²) in [6.45, 7) is 4.47. The van der Waals surface area contributed by atoms with Crippen molar-refractivity contribution in [1.29, 1.82) is 0 Å². The van der Waals surface area contributed by atoms with Gasteiger partial charge in [-0.1, -0.05) is 158 Å². The Morgan fingerprint density at radius 2 is 0.983 bits per heavy atom. The first-order chi connectivity index (χ1) is 28.1. The van der Waals surface area contributed by atoms with Crippen molar-refractivity contribution in [2.45, 2.75) is 199 Å². The second-order valence-electron chi connectivity index (χ2n) is 16.6. The van der Waals surface area contributed by atoms with Crippen molar-refractivity contribution in [3.05, 3.63) is 60.8 Å². The number of esters is 2. The molecule has 334 valence electrons. The third-order valence-electron chi connectivity index (χ3n) is 10.1. The van der Waals surface area contributed by atoms with Gasteiger partial charge in [-0.2, -0.15) is 0 Å². The molecule has 0 bridgehead atoms. The lowest BCUT2D eigenvalue weighted by molar-refractivity contribution is -0.889. The summed E-state index contributed by atoms with van der Waals surface area (Å²) in [6, 6.07) is -0.736. The van der Waals surface area contributed by atoms with Crippen molar-refractivity contribution in [3.63, 3.8) is 0 Å². The van der Waals surface area contributed by atoms with Crippen molar-refractivity contribution in [1.82, 2.24) is 0 Å². The van der Waals surface area contributed by atoms with Crippen molar-refractivity contribution >= 4 is 17.9 Å². The van der Waals surface area contributed by atoms with Crippen molar-refractivity contribution in [2.75, 3.05) is 41.0 Å². The van der Waals surface area contributed by atoms with Crippen LogP contribution >= 0.6 is 0 Å². The summed E-state index contributed by atoms with van der Waals surface area (Å²) in [5, 5.41) is 11.6. The number of quaternary nitrogens is 1. The van der Waals surface area contributed by atoms with E-state index in [4.69, 9.17) is 14.2 Å². The molecule has 2 atom stereocenters. The van der Waals surface area contributed by atoms with E-state index < -0.39 is 18.1 Å². The molecule has 0 aromatic rings. The minimum atomic E-state index is -1.13. The summed E-state index contributed by atoms with van der Waals surface area (Å²) in [7, 11) is 5.38. The Bertz CT molecular complexity index is 1130. The van der Waals surface area contributed by atoms with E-state index in [1.165, 1.54) is 83.5 Å². The molecule has 0 aliphatic carbocycles. The Labute approximate surface area is 356 Å². The van der Waals surface area contributed by atoms with Gasteiger partial charge in [-0.25, -0.2) is 0 Å². The SMILES string of the molecule is CC/C=C/C/C=C/C/C=C/CCCC(=O)OCC(COCCC(C(=O)[O-])[N+](C)(C)C)OC(=O)CCCCCCCCC/C=C/C/C=C/CCCCCCCCCCC. The van der Waals surface area contributed by atoms with Crippen molar-refractivity contribution in [3.8, 4) is 0 Å². The number of nitrogens with zero attached hydrogens (tertiary/aromatic N) is 1. The second kappa shape index (κ2) is 40.8. The van der Waals surface area contributed by atoms with Gasteiger partial charge < -0.3 is 28.6 Å². The summed E-state index contributed by atoms with van der Waals surface area (Å²) in [5.41, 5.74) is 0. The predicted octanol–water partition coefficient (Wildman–Crippen LogP) is 11.6. The van der Waals surface area contributed by atoms with Crippen LogP contribution in [0.5, 0.6) is 0 Å². The fourth-order valence-electron chi connectivity index (χ4n) is 6.54. The molecule has 0 fully saturated rings. The average Bonchev–Trinajstić information content (AvgIpc) is 3.18. The number of likely N-dealkylation sites (N-methyl/N-ethyl adjacent to an activating group) is 1. The topological polar surface area (TPSA) is 102 Å². The quantitative estimate of drug-likeness (QED) is 0.0262. The van der Waals surface area contributed by atoms with Crippen molar-refractivity contribution < 1.29 is 38.2 Å². The van der Waals surface area contributed by atoms with Crippen LogP contribution in [0.25, 0.3) is 0 Å². The van der Waals surface area contributed by atoms with Gasteiger partial charge in [0.2, 0.25) is 0 Å². The van der Waals surface area contributed by atoms with Crippen LogP contribution in [0.15, 0.2) is 60.8 Å². The lowest BCUT2D eigenvalue weighted by Gasteiger charge is -2.34. The molecule has 8 heteroatoms. The number of carbonyl (C=O) groups is 3. The van der Waals surface area contributed by atoms with Gasteiger partial charge >= 0.3 is 11.9 Å². The summed E-state index contributed by atoms with van der Waals surface area (Å²) >= 11 is 0. The number of hydrogen-bond acceptors (Lipinski definition) is 7. The van der Waals surface area contributed by atoms with Gasteiger partial charge in [0.1, 0.15) is 12.6 Å². The number of rotatable bonds is 41. The normalized spacial score (nSPS) is 13.5. The highest BCUT2D eigenvalue weighted by atomic mass is 16.6. The summed E-state index contributed by atoms with van der Waals surface area (Å²) in [4.78, 5) is 36.8. The molecule has 0 spiro atoms. The number of ether oxygens (including phenoxy) is 3. The molecule has 0 saturated heterocycles. The molecule has 0 rings (SSSR count). The number of carboxylic acids is 1. The highest BCUT2D eigenvalue weighted by Gasteiger charge is 2.25. The van der Waals surface area contributed by atoms with Crippen LogP contribution in [-0.2, 0) is 28.6 Å². The Balaban J connectivity index is 4.29. The zero-order valence-corrected chi connectivity index (χ0v) is 37.9. The van der Waals surface area contributed by atoms with Gasteiger partial charge in [-0.15, -0.1) is 0 Å². The van der Waals surface area contributed by atoms with E-state index in [0.29, 0.717) is 12.8 Å². The monoisotopic (exact) mass is 814 g/mol. The molecule has 0 heterocycles. The van der Waals surface area contributed by atoms with Crippen LogP contribution in [0.1, 0.15) is 187 Å². The second-order valence-corrected chi connectivity index (χ2v) is 16.6. The molecule has 8 nitrogen and oxygen atoms in total. The minimum Gasteiger partial charge on any atom is -0.544 e. The first-order valence-corrected chi connectivity index (χ1v) is 23.3. The third-order valence-corrected chi connectivity index (χ3v) is 10.1. The van der Waals surface area contributed by atoms with Crippen LogP contribution in [-0.4, -0.2) is 75.5 Å². The fourth-order valence-corrected chi connectivity index (χ4v) is 6.54. The molecule has 0 aromatic heterocycles. The van der Waals surface area contributed by atoms with E-state index in [2.05, 4.69) is 74.6 Å². The Morgan fingerprint density at radius 3 is 1.48 bits per heavy atom. The Hall–Kier alpha value is -2.97. The average molecular weight is 814 g/mol. The first-order valence-electron chi connectivity index (χ1n) is 23.3. The molecule has 58 heavy (non-hydrogen) atoms. The molecule has 0 amide bonds. The lowest BCUT2D eigenvalue weighted by atomic mass is 10.1. The number of carbonyl (C=O) groups excluding carboxylic acids is 3. The van der Waals surface area contributed by atoms with Gasteiger partial charge in [0.05, 0.1) is 40.3 Å². The van der Waals surface area contributed by atoms with E-state index in [0.717, 1.165) is 64.2 Å². The van der Waals surface area contributed by atoms with Gasteiger partial charge in [-0.05, 0) is 70.6 Å². The highest BCUT2D eigenvalue weighted by molar-refractivity contribution is 5.70. The predicted molar refractivity (Wildman–Crippen MR) is 240 cm³/mol. The highest BCUT2D eigenvalue weighted by Crippen LogP contribution is 2.14. The Morgan fingerprint density at radius 1 is 0.534 bits per heavy atom. The maximum Gasteiger partial charge on any atom is 0.306 e. The zero-order chi connectivity index (χ0) is 42.8. The lowest BCUT2D eigenvalue weighted by Crippen LogP contribution is -2.55. The molecule has 2 unspecified atom stereocenters. The summed E-state index contributed by atoms with van der Waals surface area (Å²) in [6.07, 6.45) is 49.8. The third kappa shape index (κ3) is 38.5. The van der Waals surface area contributed by atoms with Crippen LogP contribution in [0.3, 0.4) is 0 Å². The van der Waals surface area contributed by atoms with Crippen LogP contribution in [0.2, 0.25) is 0 Å². The number of allylic oxidation sites excluding steroid dienone is 10. The minimum absolute atomic E-state index is 0.0196. The maximum atomic E-state index is 12.7. The van der Waals surface area contributed by atoms with E-state index in [-0.39, 0.29) is 49.1 Å². The van der Waals surface area contributed by atoms with Gasteiger partial charge in [0, 0.05) is 19.3 Å². The van der Waals surface area contributed by atoms with E-state index in [9.17, 15) is 19.5 Å². The zero-order valence-electron chi connectivity index (χ0n) is 37.9. The first kappa shape index (κ1) is 55.0. The maximum absolute atomic E-state index is 12.7. The van der Waals surface area contributed by atoms with Crippen LogP contribution < -0.4 is 5.11 Å². The molecular formula is C50H87NO7.